The molecule has 0 saturated heterocycles. The number of carbonyl (C=O) groups excluding carboxylic acids is 2. The van der Waals surface area contributed by atoms with E-state index in [1.807, 2.05) is 0 Å². The van der Waals surface area contributed by atoms with Crippen LogP contribution in [0.2, 0.25) is 0 Å². The molecule has 7 heteroatoms. The van der Waals surface area contributed by atoms with E-state index < -0.39 is 0 Å². The van der Waals surface area contributed by atoms with Gasteiger partial charge in [-0.1, -0.05) is 12.8 Å². The summed E-state index contributed by atoms with van der Waals surface area (Å²) in [6.07, 6.45) is 5.08. The van der Waals surface area contributed by atoms with Gasteiger partial charge in [0.05, 0.1) is 5.92 Å². The molecule has 1 aliphatic carbocycles. The molecule has 0 aliphatic heterocycles. The number of urea groups is 1. The van der Waals surface area contributed by atoms with E-state index in [1.54, 1.807) is 18.3 Å². The molecule has 6 nitrogen and oxygen atoms in total. The molecule has 2 rings (SSSR count). The lowest BCUT2D eigenvalue weighted by Gasteiger charge is -2.29. The third-order valence-electron chi connectivity index (χ3n) is 3.43. The summed E-state index contributed by atoms with van der Waals surface area (Å²) in [4.78, 5) is 27.3. The Balaban J connectivity index is 1.94. The summed E-state index contributed by atoms with van der Waals surface area (Å²) in [5, 5.41) is 5.55. The predicted octanol–water partition coefficient (Wildman–Crippen LogP) is 2.01. The van der Waals surface area contributed by atoms with Crippen LogP contribution in [0.15, 0.2) is 22.9 Å². The third-order valence-corrected chi connectivity index (χ3v) is 3.87. The lowest BCUT2D eigenvalue weighted by molar-refractivity contribution is -0.123. The summed E-state index contributed by atoms with van der Waals surface area (Å²) in [7, 11) is 0. The van der Waals surface area contributed by atoms with Gasteiger partial charge in [-0.25, -0.2) is 9.78 Å². The maximum Gasteiger partial charge on any atom is 0.319 e. The average molecular weight is 341 g/mol. The summed E-state index contributed by atoms with van der Waals surface area (Å²) >= 11 is 3.24. The number of carbonyl (C=O) groups is 2. The summed E-state index contributed by atoms with van der Waals surface area (Å²) in [5.74, 6) is -0.625. The summed E-state index contributed by atoms with van der Waals surface area (Å²) in [5.41, 5.74) is 6.02. The molecule has 4 N–H and O–H groups in total. The van der Waals surface area contributed by atoms with Crippen LogP contribution in [0.3, 0.4) is 0 Å². The van der Waals surface area contributed by atoms with E-state index in [-0.39, 0.29) is 23.9 Å². The zero-order valence-electron chi connectivity index (χ0n) is 10.9. The quantitative estimate of drug-likeness (QED) is 0.734. The molecule has 1 aromatic rings. The van der Waals surface area contributed by atoms with Gasteiger partial charge in [0.2, 0.25) is 5.91 Å². The Morgan fingerprint density at radius 1 is 1.35 bits per heavy atom. The van der Waals surface area contributed by atoms with Gasteiger partial charge < -0.3 is 16.4 Å². The molecule has 1 aromatic heterocycles. The number of rotatable bonds is 3. The number of anilines is 1. The molecule has 2 atom stereocenters. The van der Waals surface area contributed by atoms with E-state index in [9.17, 15) is 9.59 Å². The number of pyridine rings is 1. The van der Waals surface area contributed by atoms with Crippen LogP contribution in [0.4, 0.5) is 10.5 Å². The molecular formula is C13H17BrN4O2. The molecule has 0 spiro atoms. The molecule has 0 bridgehead atoms. The second kappa shape index (κ2) is 6.69. The first-order chi connectivity index (χ1) is 9.56. The average Bonchev–Trinajstić information content (AvgIpc) is 2.38. The van der Waals surface area contributed by atoms with Crippen LogP contribution in [0.25, 0.3) is 0 Å². The minimum Gasteiger partial charge on any atom is -0.369 e. The van der Waals surface area contributed by atoms with Crippen LogP contribution in [0.5, 0.6) is 0 Å². The monoisotopic (exact) mass is 340 g/mol. The molecule has 20 heavy (non-hydrogen) atoms. The Labute approximate surface area is 125 Å². The first-order valence-corrected chi connectivity index (χ1v) is 7.34. The van der Waals surface area contributed by atoms with Gasteiger partial charge in [-0.3, -0.25) is 4.79 Å². The largest absolute Gasteiger partial charge is 0.369 e. The highest BCUT2D eigenvalue weighted by Crippen LogP contribution is 2.24. The summed E-state index contributed by atoms with van der Waals surface area (Å²) in [6.45, 7) is 0. The van der Waals surface area contributed by atoms with Crippen molar-refractivity contribution in [3.63, 3.8) is 0 Å². The van der Waals surface area contributed by atoms with Crippen LogP contribution < -0.4 is 16.4 Å². The van der Waals surface area contributed by atoms with Crippen molar-refractivity contribution < 1.29 is 9.59 Å². The first kappa shape index (κ1) is 14.8. The fourth-order valence-corrected chi connectivity index (χ4v) is 2.82. The molecule has 108 valence electrons. The highest BCUT2D eigenvalue weighted by atomic mass is 79.9. The molecule has 1 fully saturated rings. The normalized spacial score (nSPS) is 22.1. The maximum absolute atomic E-state index is 12.0. The van der Waals surface area contributed by atoms with E-state index in [4.69, 9.17) is 5.73 Å². The molecule has 1 heterocycles. The number of amides is 3. The highest BCUT2D eigenvalue weighted by Gasteiger charge is 2.30. The number of nitrogens with zero attached hydrogens (tertiary/aromatic N) is 1. The minimum atomic E-state index is -0.346. The first-order valence-electron chi connectivity index (χ1n) is 6.54. The fourth-order valence-electron chi connectivity index (χ4n) is 2.46. The highest BCUT2D eigenvalue weighted by molar-refractivity contribution is 9.10. The Hall–Kier alpha value is -1.63. The Bertz CT molecular complexity index is 509. The number of halogens is 1. The predicted molar refractivity (Wildman–Crippen MR) is 79.0 cm³/mol. The topological polar surface area (TPSA) is 97.1 Å². The molecule has 0 unspecified atom stereocenters. The fraction of sp³-hybridized carbons (Fsp3) is 0.462. The van der Waals surface area contributed by atoms with Crippen LogP contribution in [-0.4, -0.2) is 23.0 Å². The van der Waals surface area contributed by atoms with Gasteiger partial charge in [-0.05, 0) is 40.9 Å². The van der Waals surface area contributed by atoms with Crippen molar-refractivity contribution in [2.75, 3.05) is 5.32 Å². The second-order valence-corrected chi connectivity index (χ2v) is 5.68. The van der Waals surface area contributed by atoms with Crippen molar-refractivity contribution in [1.29, 1.82) is 0 Å². The van der Waals surface area contributed by atoms with Crippen molar-refractivity contribution in [2.45, 2.75) is 31.7 Å². The van der Waals surface area contributed by atoms with Gasteiger partial charge in [-0.2, -0.15) is 0 Å². The van der Waals surface area contributed by atoms with Crippen molar-refractivity contribution in [3.05, 3.63) is 22.9 Å². The third kappa shape index (κ3) is 3.93. The number of hydrogen-bond donors (Lipinski definition) is 3. The van der Waals surface area contributed by atoms with Crippen LogP contribution in [0.1, 0.15) is 25.7 Å². The van der Waals surface area contributed by atoms with Crippen LogP contribution in [0, 0.1) is 5.92 Å². The number of nitrogens with two attached hydrogens (primary N) is 1. The van der Waals surface area contributed by atoms with E-state index in [0.717, 1.165) is 25.7 Å². The van der Waals surface area contributed by atoms with Crippen molar-refractivity contribution in [3.8, 4) is 0 Å². The summed E-state index contributed by atoms with van der Waals surface area (Å²) < 4.78 is 0.642. The molecule has 3 amide bonds. The van der Waals surface area contributed by atoms with Crippen molar-refractivity contribution in [2.24, 2.45) is 11.7 Å². The zero-order valence-corrected chi connectivity index (χ0v) is 12.5. The lowest BCUT2D eigenvalue weighted by atomic mass is 9.84. The number of nitrogens with one attached hydrogen (secondary N) is 2. The number of aromatic nitrogens is 1. The standard InChI is InChI=1S/C13H17BrN4O2/c14-11-7-8(5-6-16-11)17-13(20)18-10-4-2-1-3-9(10)12(15)19/h5-7,9-10H,1-4H2,(H2,15,19)(H2,16,17,18,20)/t9-,10-/m0/s1. The van der Waals surface area contributed by atoms with E-state index in [0.29, 0.717) is 10.3 Å². The zero-order chi connectivity index (χ0) is 14.5. The smallest absolute Gasteiger partial charge is 0.319 e. The maximum atomic E-state index is 12.0. The lowest BCUT2D eigenvalue weighted by Crippen LogP contribution is -2.48. The van der Waals surface area contributed by atoms with Gasteiger partial charge in [0.1, 0.15) is 4.60 Å². The molecular weight excluding hydrogens is 324 g/mol. The van der Waals surface area contributed by atoms with Gasteiger partial charge in [-0.15, -0.1) is 0 Å². The summed E-state index contributed by atoms with van der Waals surface area (Å²) in [6, 6.07) is 2.87. The molecule has 1 aliphatic rings. The Morgan fingerprint density at radius 2 is 2.10 bits per heavy atom. The van der Waals surface area contributed by atoms with Crippen LogP contribution in [-0.2, 0) is 4.79 Å². The number of primary amides is 1. The SMILES string of the molecule is NC(=O)[C@H]1CCCC[C@@H]1NC(=O)Nc1ccnc(Br)c1. The van der Waals surface area contributed by atoms with Gasteiger partial charge >= 0.3 is 6.03 Å². The Morgan fingerprint density at radius 3 is 2.80 bits per heavy atom. The Kier molecular flexibility index (Phi) is 4.94. The van der Waals surface area contributed by atoms with Gasteiger partial charge in [0.15, 0.2) is 0 Å². The second-order valence-electron chi connectivity index (χ2n) is 4.87. The van der Waals surface area contributed by atoms with E-state index in [2.05, 4.69) is 31.5 Å². The van der Waals surface area contributed by atoms with Crippen LogP contribution >= 0.6 is 15.9 Å². The molecule has 0 aromatic carbocycles. The molecule has 1 saturated carbocycles. The van der Waals surface area contributed by atoms with E-state index >= 15 is 0 Å². The van der Waals surface area contributed by atoms with E-state index in [1.165, 1.54) is 0 Å². The van der Waals surface area contributed by atoms with Gasteiger partial charge in [0, 0.05) is 17.9 Å². The minimum absolute atomic E-state index is 0.188. The van der Waals surface area contributed by atoms with Gasteiger partial charge in [0.25, 0.3) is 0 Å². The molecule has 0 radical (unpaired) electrons. The van der Waals surface area contributed by atoms with Crippen molar-refractivity contribution in [1.82, 2.24) is 10.3 Å². The number of hydrogen-bond acceptors (Lipinski definition) is 3. The van der Waals surface area contributed by atoms with Crippen molar-refractivity contribution >= 4 is 33.6 Å².